The second-order valence-corrected chi connectivity index (χ2v) is 8.01. The van der Waals surface area contributed by atoms with Crippen molar-refractivity contribution in [1.82, 2.24) is 19.9 Å². The van der Waals surface area contributed by atoms with Gasteiger partial charge in [-0.2, -0.15) is 0 Å². The number of aliphatic imine (C=N–C) groups is 2. The number of alkyl halides is 1. The summed E-state index contributed by atoms with van der Waals surface area (Å²) in [4.78, 5) is 16.2. The van der Waals surface area contributed by atoms with E-state index >= 15 is 0 Å². The number of aromatic nitrogens is 2. The van der Waals surface area contributed by atoms with Crippen LogP contribution in [-0.2, 0) is 0 Å². The minimum atomic E-state index is -0.403. The van der Waals surface area contributed by atoms with Crippen molar-refractivity contribution in [2.24, 2.45) is 9.98 Å². The first kappa shape index (κ1) is 25.9. The third-order valence-electron chi connectivity index (χ3n) is 5.43. The fourth-order valence-electron chi connectivity index (χ4n) is 3.64. The number of H-pyrrole nitrogens is 1. The van der Waals surface area contributed by atoms with E-state index in [-0.39, 0.29) is 12.5 Å². The van der Waals surface area contributed by atoms with Crippen LogP contribution in [0, 0.1) is 19.7 Å². The Morgan fingerprint density at radius 1 is 1.26 bits per heavy atom. The number of likely N-dealkylation sites (N-methyl/N-ethyl adjacent to an activating group) is 1. The molecule has 9 nitrogen and oxygen atoms in total. The predicted octanol–water partition coefficient (Wildman–Crippen LogP) is 4.13. The van der Waals surface area contributed by atoms with Crippen molar-refractivity contribution in [2.75, 3.05) is 52.5 Å². The molecule has 0 aliphatic carbocycles. The number of hydrogen-bond donors (Lipinski definition) is 2. The molecule has 2 aromatic heterocycles. The molecule has 0 spiro atoms. The third-order valence-corrected chi connectivity index (χ3v) is 5.43. The number of nitrogens with one attached hydrogen (secondary N) is 2. The molecule has 0 atom stereocenters. The highest BCUT2D eigenvalue weighted by atomic mass is 19.1. The monoisotopic (exact) mass is 487 g/mol. The molecule has 188 valence electrons. The van der Waals surface area contributed by atoms with E-state index in [1.165, 1.54) is 0 Å². The van der Waals surface area contributed by atoms with Gasteiger partial charge in [0, 0.05) is 54.9 Å². The Labute approximate surface area is 203 Å². The van der Waals surface area contributed by atoms with E-state index in [2.05, 4.69) is 49.0 Å². The van der Waals surface area contributed by atoms with Crippen LogP contribution in [0.2, 0.25) is 0 Å². The number of benzene rings is 1. The molecular formula is C24H31F2N7O2. The highest BCUT2D eigenvalue weighted by Gasteiger charge is 2.18. The van der Waals surface area contributed by atoms with Gasteiger partial charge in [-0.3, -0.25) is 4.39 Å². The largest absolute Gasteiger partial charge is 0.468 e. The Balaban J connectivity index is 0.00000167. The van der Waals surface area contributed by atoms with Gasteiger partial charge in [0.15, 0.2) is 24.1 Å². The summed E-state index contributed by atoms with van der Waals surface area (Å²) in [6.07, 6.45) is 1.78. The Kier molecular flexibility index (Phi) is 8.96. The zero-order chi connectivity index (χ0) is 25.4. The van der Waals surface area contributed by atoms with Crippen LogP contribution >= 0.6 is 0 Å². The first-order chi connectivity index (χ1) is 16.9. The average molecular weight is 488 g/mol. The Hall–Kier alpha value is -3.73. The van der Waals surface area contributed by atoms with E-state index in [1.54, 1.807) is 30.3 Å². The summed E-state index contributed by atoms with van der Waals surface area (Å²) < 4.78 is 35.1. The molecule has 35 heavy (non-hydrogen) atoms. The van der Waals surface area contributed by atoms with Crippen LogP contribution in [0.15, 0.2) is 50.7 Å². The van der Waals surface area contributed by atoms with Crippen LogP contribution in [0.3, 0.4) is 0 Å². The Bertz CT molecular complexity index is 1190. The second kappa shape index (κ2) is 12.1. The number of nitrogens with zero attached hydrogens (tertiary/aromatic N) is 5. The number of anilines is 1. The maximum Gasteiger partial charge on any atom is 0.181 e. The van der Waals surface area contributed by atoms with Gasteiger partial charge < -0.3 is 29.4 Å². The third kappa shape index (κ3) is 6.66. The number of ether oxygens (including phenoxy) is 1. The first-order valence-electron chi connectivity index (χ1n) is 11.1. The molecule has 3 aromatic rings. The normalized spacial score (nSPS) is 15.1. The van der Waals surface area contributed by atoms with Crippen molar-refractivity contribution in [1.29, 1.82) is 0 Å². The number of hydrogen-bond acceptors (Lipinski definition) is 7. The van der Waals surface area contributed by atoms with Crippen LogP contribution in [0.5, 0.6) is 5.75 Å². The molecule has 1 aliphatic rings. The summed E-state index contributed by atoms with van der Waals surface area (Å²) in [5.41, 5.74) is 1.62. The molecule has 0 radical (unpaired) electrons. The van der Waals surface area contributed by atoms with Crippen LogP contribution in [0.4, 0.5) is 14.6 Å². The lowest BCUT2D eigenvalue weighted by atomic mass is 10.2. The number of aryl methyl sites for hydroxylation is 2. The lowest BCUT2D eigenvalue weighted by Crippen LogP contribution is -2.47. The van der Waals surface area contributed by atoms with Crippen LogP contribution in [0.1, 0.15) is 11.5 Å². The highest BCUT2D eigenvalue weighted by Crippen LogP contribution is 2.27. The molecule has 1 aliphatic heterocycles. The molecule has 1 aromatic carbocycles. The SMILES string of the molecule is C=N/C(=C\C(=N/COc1ccc2[nH]c(C)cc2c1F)N1CCN(C)CC1)Nc1cc(C)on1.CF. The molecule has 0 amide bonds. The summed E-state index contributed by atoms with van der Waals surface area (Å²) in [6.45, 7) is 10.7. The van der Waals surface area contributed by atoms with Gasteiger partial charge >= 0.3 is 0 Å². The second-order valence-electron chi connectivity index (χ2n) is 8.01. The van der Waals surface area contributed by atoms with E-state index < -0.39 is 5.82 Å². The number of aromatic amines is 1. The van der Waals surface area contributed by atoms with Crippen LogP contribution < -0.4 is 10.1 Å². The van der Waals surface area contributed by atoms with Crippen molar-refractivity contribution >= 4 is 29.3 Å². The van der Waals surface area contributed by atoms with E-state index in [0.29, 0.717) is 35.8 Å². The summed E-state index contributed by atoms with van der Waals surface area (Å²) in [5, 5.41) is 7.50. The molecule has 1 saturated heterocycles. The molecule has 1 fully saturated rings. The fourth-order valence-corrected chi connectivity index (χ4v) is 3.64. The van der Waals surface area contributed by atoms with Crippen LogP contribution in [0.25, 0.3) is 10.9 Å². The number of amidine groups is 1. The lowest BCUT2D eigenvalue weighted by Gasteiger charge is -2.33. The molecule has 4 rings (SSSR count). The minimum Gasteiger partial charge on any atom is -0.468 e. The van der Waals surface area contributed by atoms with Crippen LogP contribution in [-0.4, -0.2) is 79.6 Å². The molecule has 3 heterocycles. The summed E-state index contributed by atoms with van der Waals surface area (Å²) in [5.74, 6) is 2.09. The molecule has 0 bridgehead atoms. The first-order valence-corrected chi connectivity index (χ1v) is 11.1. The minimum absolute atomic E-state index is 0.0442. The van der Waals surface area contributed by atoms with Crippen molar-refractivity contribution in [2.45, 2.75) is 13.8 Å². The molecule has 2 N–H and O–H groups in total. The topological polar surface area (TPSA) is 94.3 Å². The van der Waals surface area contributed by atoms with Crippen molar-refractivity contribution in [3.63, 3.8) is 0 Å². The Morgan fingerprint density at radius 2 is 2.00 bits per heavy atom. The van der Waals surface area contributed by atoms with E-state index in [1.807, 2.05) is 13.8 Å². The molecule has 11 heteroatoms. The summed E-state index contributed by atoms with van der Waals surface area (Å²) >= 11 is 0. The highest BCUT2D eigenvalue weighted by molar-refractivity contribution is 5.94. The van der Waals surface area contributed by atoms with Gasteiger partial charge in [0.25, 0.3) is 0 Å². The predicted molar refractivity (Wildman–Crippen MR) is 135 cm³/mol. The van der Waals surface area contributed by atoms with E-state index in [0.717, 1.165) is 37.4 Å². The zero-order valence-corrected chi connectivity index (χ0v) is 20.4. The van der Waals surface area contributed by atoms with Gasteiger partial charge in [-0.25, -0.2) is 14.4 Å². The quantitative estimate of drug-likeness (QED) is 0.384. The maximum absolute atomic E-state index is 14.8. The van der Waals surface area contributed by atoms with E-state index in [9.17, 15) is 8.78 Å². The number of piperazine rings is 1. The van der Waals surface area contributed by atoms with Gasteiger partial charge in [0.2, 0.25) is 0 Å². The van der Waals surface area contributed by atoms with Gasteiger partial charge in [-0.1, -0.05) is 5.16 Å². The smallest absolute Gasteiger partial charge is 0.181 e. The van der Waals surface area contributed by atoms with E-state index in [4.69, 9.17) is 9.26 Å². The standard InChI is InChI=1S/C23H28FN7O2.CH3F/c1-15-11-17-18(27-15)5-6-19(23(17)24)32-14-26-22(31-9-7-30(4)8-10-31)13-20(25-3)28-21-12-16(2)33-29-21;1-2/h5-6,11-13,27H,3,7-10,14H2,1-2,4H3,(H,28,29);1H3/b20-13+,26-22+;. The summed E-state index contributed by atoms with van der Waals surface area (Å²) in [7, 11) is 2.58. The number of rotatable bonds is 7. The average Bonchev–Trinajstić information content (AvgIpc) is 3.45. The van der Waals surface area contributed by atoms with Crippen molar-refractivity contribution in [3.8, 4) is 5.75 Å². The van der Waals surface area contributed by atoms with Gasteiger partial charge in [-0.15, -0.1) is 0 Å². The molecule has 0 unspecified atom stereocenters. The van der Waals surface area contributed by atoms with Gasteiger partial charge in [-0.05, 0) is 45.8 Å². The molecule has 0 saturated carbocycles. The Morgan fingerprint density at radius 3 is 2.66 bits per heavy atom. The number of fused-ring (bicyclic) bond motifs is 1. The van der Waals surface area contributed by atoms with Crippen molar-refractivity contribution in [3.05, 3.63) is 53.4 Å². The fraction of sp³-hybridized carbons (Fsp3) is 0.375. The number of halogens is 2. The van der Waals surface area contributed by atoms with Crippen molar-refractivity contribution < 1.29 is 18.0 Å². The molecular weight excluding hydrogens is 456 g/mol. The van der Waals surface area contributed by atoms with Gasteiger partial charge in [0.1, 0.15) is 17.4 Å². The summed E-state index contributed by atoms with van der Waals surface area (Å²) in [6, 6.07) is 6.93. The zero-order valence-electron chi connectivity index (χ0n) is 20.4. The maximum atomic E-state index is 14.8. The van der Waals surface area contributed by atoms with Gasteiger partial charge in [0.05, 0.1) is 7.18 Å². The lowest BCUT2D eigenvalue weighted by molar-refractivity contribution is 0.214.